The number of carbonyl (C=O) groups is 1. The van der Waals surface area contributed by atoms with E-state index in [1.54, 1.807) is 0 Å². The highest BCUT2D eigenvalue weighted by atomic mass is 35.5. The molecule has 130 valence electrons. The summed E-state index contributed by atoms with van der Waals surface area (Å²) in [6, 6.07) is 0.0950. The van der Waals surface area contributed by atoms with E-state index in [4.69, 9.17) is 17.3 Å². The van der Waals surface area contributed by atoms with Gasteiger partial charge in [-0.3, -0.25) is 9.69 Å². The molecule has 0 saturated carbocycles. The lowest BCUT2D eigenvalue weighted by Crippen LogP contribution is -2.55. The SMILES string of the molecule is CN1CCN(C(=O)C2CCN(C3C(N)=CNCC3Cl)CC2)CC1. The highest BCUT2D eigenvalue weighted by molar-refractivity contribution is 6.21. The summed E-state index contributed by atoms with van der Waals surface area (Å²) in [5, 5.41) is 3.11. The molecule has 0 aliphatic carbocycles. The molecule has 2 atom stereocenters. The quantitative estimate of drug-likeness (QED) is 0.684. The maximum absolute atomic E-state index is 12.7. The summed E-state index contributed by atoms with van der Waals surface area (Å²) in [5.74, 6) is 0.504. The molecule has 2 unspecified atom stereocenters. The van der Waals surface area contributed by atoms with Crippen LogP contribution in [0, 0.1) is 5.92 Å². The summed E-state index contributed by atoms with van der Waals surface area (Å²) in [7, 11) is 2.11. The number of nitrogens with two attached hydrogens (primary N) is 1. The molecule has 1 amide bonds. The van der Waals surface area contributed by atoms with Crippen molar-refractivity contribution in [3.63, 3.8) is 0 Å². The van der Waals surface area contributed by atoms with E-state index >= 15 is 0 Å². The molecular weight excluding hydrogens is 314 g/mol. The Morgan fingerprint density at radius 1 is 1.22 bits per heavy atom. The first-order chi connectivity index (χ1) is 11.1. The smallest absolute Gasteiger partial charge is 0.225 e. The van der Waals surface area contributed by atoms with Crippen LogP contribution in [0.3, 0.4) is 0 Å². The van der Waals surface area contributed by atoms with Gasteiger partial charge < -0.3 is 20.9 Å². The van der Waals surface area contributed by atoms with Gasteiger partial charge >= 0.3 is 0 Å². The number of hydrogen-bond acceptors (Lipinski definition) is 5. The Morgan fingerprint density at radius 3 is 2.48 bits per heavy atom. The molecule has 3 aliphatic rings. The van der Waals surface area contributed by atoms with Crippen molar-refractivity contribution in [3.05, 3.63) is 11.9 Å². The van der Waals surface area contributed by atoms with Crippen LogP contribution in [-0.4, -0.2) is 84.9 Å². The molecule has 2 fully saturated rings. The van der Waals surface area contributed by atoms with Crippen LogP contribution in [0.25, 0.3) is 0 Å². The van der Waals surface area contributed by atoms with Crippen molar-refractivity contribution < 1.29 is 4.79 Å². The van der Waals surface area contributed by atoms with Gasteiger partial charge in [-0.15, -0.1) is 11.6 Å². The van der Waals surface area contributed by atoms with Crippen molar-refractivity contribution in [2.24, 2.45) is 11.7 Å². The van der Waals surface area contributed by atoms with E-state index < -0.39 is 0 Å². The molecule has 3 rings (SSSR count). The van der Waals surface area contributed by atoms with Crippen molar-refractivity contribution in [3.8, 4) is 0 Å². The third-order valence-corrected chi connectivity index (χ3v) is 5.75. The minimum atomic E-state index is -0.00937. The Kier molecular flexibility index (Phi) is 5.34. The van der Waals surface area contributed by atoms with Crippen LogP contribution in [0.1, 0.15) is 12.8 Å². The number of piperidine rings is 1. The van der Waals surface area contributed by atoms with Crippen LogP contribution >= 0.6 is 11.6 Å². The fourth-order valence-corrected chi connectivity index (χ4v) is 4.24. The summed E-state index contributed by atoms with van der Waals surface area (Å²) in [5.41, 5.74) is 6.92. The van der Waals surface area contributed by atoms with Gasteiger partial charge in [0.25, 0.3) is 0 Å². The van der Waals surface area contributed by atoms with Gasteiger partial charge in [-0.2, -0.15) is 0 Å². The van der Waals surface area contributed by atoms with E-state index in [0.29, 0.717) is 5.91 Å². The van der Waals surface area contributed by atoms with Gasteiger partial charge in [0.1, 0.15) is 0 Å². The molecule has 6 nitrogen and oxygen atoms in total. The average molecular weight is 342 g/mol. The molecule has 0 aromatic carbocycles. The summed E-state index contributed by atoms with van der Waals surface area (Å²) in [6.07, 6.45) is 3.68. The number of rotatable bonds is 2. The number of halogens is 1. The van der Waals surface area contributed by atoms with E-state index in [2.05, 4.69) is 22.2 Å². The third-order valence-electron chi connectivity index (χ3n) is 5.35. The highest BCUT2D eigenvalue weighted by Crippen LogP contribution is 2.26. The second-order valence-corrected chi connectivity index (χ2v) is 7.51. The number of carbonyl (C=O) groups excluding carboxylic acids is 1. The summed E-state index contributed by atoms with van der Waals surface area (Å²) in [6.45, 7) is 6.22. The lowest BCUT2D eigenvalue weighted by molar-refractivity contribution is -0.138. The fraction of sp³-hybridized carbons (Fsp3) is 0.812. The number of amides is 1. The normalized spacial score (nSPS) is 31.6. The Morgan fingerprint density at radius 2 is 1.87 bits per heavy atom. The molecule has 0 spiro atoms. The average Bonchev–Trinajstić information content (AvgIpc) is 2.55. The zero-order valence-electron chi connectivity index (χ0n) is 13.9. The zero-order valence-corrected chi connectivity index (χ0v) is 14.6. The third kappa shape index (κ3) is 3.75. The van der Waals surface area contributed by atoms with Crippen molar-refractivity contribution in [2.75, 3.05) is 52.9 Å². The number of alkyl halides is 1. The van der Waals surface area contributed by atoms with Crippen molar-refractivity contribution in [1.82, 2.24) is 20.0 Å². The number of piperazine rings is 1. The van der Waals surface area contributed by atoms with Crippen molar-refractivity contribution >= 4 is 17.5 Å². The lowest BCUT2D eigenvalue weighted by Gasteiger charge is -2.42. The van der Waals surface area contributed by atoms with Gasteiger partial charge in [0, 0.05) is 50.5 Å². The molecule has 0 aromatic rings. The topological polar surface area (TPSA) is 64.8 Å². The molecule has 0 radical (unpaired) electrons. The Hall–Kier alpha value is -0.980. The summed E-state index contributed by atoms with van der Waals surface area (Å²) < 4.78 is 0. The second kappa shape index (κ2) is 7.28. The number of nitrogens with one attached hydrogen (secondary N) is 1. The summed E-state index contributed by atoms with van der Waals surface area (Å²) >= 11 is 6.44. The van der Waals surface area contributed by atoms with Crippen molar-refractivity contribution in [2.45, 2.75) is 24.3 Å². The first-order valence-electron chi connectivity index (χ1n) is 8.60. The Balaban J connectivity index is 1.53. The van der Waals surface area contributed by atoms with E-state index in [1.165, 1.54) is 0 Å². The van der Waals surface area contributed by atoms with Crippen LogP contribution in [0.4, 0.5) is 0 Å². The minimum Gasteiger partial charge on any atom is -0.400 e. The first kappa shape index (κ1) is 16.9. The molecule has 3 aliphatic heterocycles. The fourth-order valence-electron chi connectivity index (χ4n) is 3.84. The molecule has 23 heavy (non-hydrogen) atoms. The molecule has 3 N–H and O–H groups in total. The second-order valence-electron chi connectivity index (χ2n) is 6.95. The maximum atomic E-state index is 12.7. The largest absolute Gasteiger partial charge is 0.400 e. The lowest BCUT2D eigenvalue weighted by atomic mass is 9.92. The summed E-state index contributed by atoms with van der Waals surface area (Å²) in [4.78, 5) is 19.4. The molecule has 0 aromatic heterocycles. The van der Waals surface area contributed by atoms with Gasteiger partial charge in [-0.1, -0.05) is 0 Å². The van der Waals surface area contributed by atoms with E-state index in [0.717, 1.165) is 64.4 Å². The molecular formula is C16H28ClN5O. The Bertz CT molecular complexity index is 455. The number of hydrogen-bond donors (Lipinski definition) is 2. The molecule has 2 saturated heterocycles. The van der Waals surface area contributed by atoms with Gasteiger partial charge in [-0.05, 0) is 33.0 Å². The zero-order chi connectivity index (χ0) is 16.4. The van der Waals surface area contributed by atoms with Crippen molar-refractivity contribution in [1.29, 1.82) is 0 Å². The standard InChI is InChI=1S/C16H28ClN5O/c1-20-6-8-22(9-7-20)16(23)12-2-4-21(5-3-12)15-13(17)10-19-11-14(15)18/h11-13,15,19H,2-10,18H2,1H3. The van der Waals surface area contributed by atoms with E-state index in [1.807, 2.05) is 11.1 Å². The number of nitrogens with zero attached hydrogens (tertiary/aromatic N) is 3. The van der Waals surface area contributed by atoms with Gasteiger partial charge in [0.05, 0.1) is 11.4 Å². The first-order valence-corrected chi connectivity index (χ1v) is 9.04. The number of likely N-dealkylation sites (N-methyl/N-ethyl adjacent to an activating group) is 1. The monoisotopic (exact) mass is 341 g/mol. The molecule has 0 bridgehead atoms. The molecule has 3 heterocycles. The predicted molar refractivity (Wildman–Crippen MR) is 92.1 cm³/mol. The number of likely N-dealkylation sites (tertiary alicyclic amines) is 1. The van der Waals surface area contributed by atoms with Crippen LogP contribution in [0.2, 0.25) is 0 Å². The highest BCUT2D eigenvalue weighted by Gasteiger charge is 2.36. The molecule has 7 heteroatoms. The van der Waals surface area contributed by atoms with E-state index in [9.17, 15) is 4.79 Å². The van der Waals surface area contributed by atoms with Gasteiger partial charge in [-0.25, -0.2) is 0 Å². The maximum Gasteiger partial charge on any atom is 0.225 e. The predicted octanol–water partition coefficient (Wildman–Crippen LogP) is -0.148. The van der Waals surface area contributed by atoms with E-state index in [-0.39, 0.29) is 17.3 Å². The van der Waals surface area contributed by atoms with Crippen LogP contribution < -0.4 is 11.1 Å². The van der Waals surface area contributed by atoms with Crippen LogP contribution in [0.15, 0.2) is 11.9 Å². The Labute approximate surface area is 143 Å². The van der Waals surface area contributed by atoms with Crippen LogP contribution in [0.5, 0.6) is 0 Å². The van der Waals surface area contributed by atoms with Crippen LogP contribution in [-0.2, 0) is 4.79 Å². The van der Waals surface area contributed by atoms with Gasteiger partial charge in [0.15, 0.2) is 0 Å². The van der Waals surface area contributed by atoms with Gasteiger partial charge in [0.2, 0.25) is 5.91 Å². The minimum absolute atomic E-state index is 0.00937.